The molecule has 0 radical (unpaired) electrons. The van der Waals surface area contributed by atoms with Gasteiger partial charge in [-0.05, 0) is 12.0 Å². The quantitative estimate of drug-likeness (QED) is 0.866. The summed E-state index contributed by atoms with van der Waals surface area (Å²) in [7, 11) is 0. The molecular formula is C15H18N2O2. The van der Waals surface area contributed by atoms with E-state index in [1.165, 1.54) is 0 Å². The Bertz CT molecular complexity index is 534. The van der Waals surface area contributed by atoms with Gasteiger partial charge in [0.25, 0.3) is 0 Å². The zero-order chi connectivity index (χ0) is 13.7. The van der Waals surface area contributed by atoms with Gasteiger partial charge in [-0.1, -0.05) is 37.3 Å². The molecule has 2 aromatic rings. The lowest BCUT2D eigenvalue weighted by molar-refractivity contribution is -0.139. The van der Waals surface area contributed by atoms with Crippen LogP contribution in [0.3, 0.4) is 0 Å². The predicted molar refractivity (Wildman–Crippen MR) is 73.0 cm³/mol. The lowest BCUT2D eigenvalue weighted by Crippen LogP contribution is -2.19. The number of aryl methyl sites for hydroxylation is 1. The molecule has 4 nitrogen and oxygen atoms in total. The van der Waals surface area contributed by atoms with E-state index in [1.807, 2.05) is 41.1 Å². The Labute approximate surface area is 112 Å². The Morgan fingerprint density at radius 3 is 2.74 bits per heavy atom. The van der Waals surface area contributed by atoms with Gasteiger partial charge in [0, 0.05) is 25.4 Å². The maximum Gasteiger partial charge on any atom is 0.312 e. The number of hydrogen-bond donors (Lipinski definition) is 1. The number of imidazole rings is 1. The molecule has 0 fully saturated rings. The minimum absolute atomic E-state index is 0.425. The molecule has 1 aromatic heterocycles. The van der Waals surface area contributed by atoms with E-state index < -0.39 is 11.9 Å². The third kappa shape index (κ3) is 3.22. The van der Waals surface area contributed by atoms with Crippen molar-refractivity contribution in [2.45, 2.75) is 32.2 Å². The summed E-state index contributed by atoms with van der Waals surface area (Å²) in [4.78, 5) is 15.7. The number of carboxylic acid groups (broad SMARTS) is 1. The molecule has 0 amide bonds. The Kier molecular flexibility index (Phi) is 4.34. The number of rotatable bonds is 6. The third-order valence-electron chi connectivity index (χ3n) is 3.15. The summed E-state index contributed by atoms with van der Waals surface area (Å²) >= 11 is 0. The van der Waals surface area contributed by atoms with Gasteiger partial charge in [0.05, 0.1) is 5.92 Å². The molecule has 1 aromatic carbocycles. The summed E-state index contributed by atoms with van der Waals surface area (Å²) in [6.07, 6.45) is 5.45. The number of hydrogen-bond acceptors (Lipinski definition) is 2. The highest BCUT2D eigenvalue weighted by Crippen LogP contribution is 2.19. The molecule has 19 heavy (non-hydrogen) atoms. The minimum Gasteiger partial charge on any atom is -0.481 e. The fourth-order valence-corrected chi connectivity index (χ4v) is 2.17. The van der Waals surface area contributed by atoms with Crippen LogP contribution in [-0.2, 0) is 17.8 Å². The molecule has 4 heteroatoms. The van der Waals surface area contributed by atoms with Crippen LogP contribution >= 0.6 is 0 Å². The smallest absolute Gasteiger partial charge is 0.312 e. The van der Waals surface area contributed by atoms with Crippen LogP contribution in [0.25, 0.3) is 0 Å². The average molecular weight is 258 g/mol. The van der Waals surface area contributed by atoms with E-state index in [1.54, 1.807) is 6.20 Å². The largest absolute Gasteiger partial charge is 0.481 e. The maximum absolute atomic E-state index is 11.5. The summed E-state index contributed by atoms with van der Waals surface area (Å²) in [5, 5.41) is 9.41. The first kappa shape index (κ1) is 13.3. The topological polar surface area (TPSA) is 55.1 Å². The number of benzene rings is 1. The van der Waals surface area contributed by atoms with Crippen LogP contribution in [0, 0.1) is 0 Å². The third-order valence-corrected chi connectivity index (χ3v) is 3.15. The van der Waals surface area contributed by atoms with E-state index in [2.05, 4.69) is 11.9 Å². The second-order valence-electron chi connectivity index (χ2n) is 4.55. The summed E-state index contributed by atoms with van der Waals surface area (Å²) in [5.41, 5.74) is 0.825. The lowest BCUT2D eigenvalue weighted by atomic mass is 9.99. The van der Waals surface area contributed by atoms with Crippen molar-refractivity contribution in [2.75, 3.05) is 0 Å². The highest BCUT2D eigenvalue weighted by Gasteiger charge is 2.21. The number of carboxylic acids is 1. The molecule has 2 rings (SSSR count). The van der Waals surface area contributed by atoms with Crippen molar-refractivity contribution in [2.24, 2.45) is 0 Å². The molecule has 1 unspecified atom stereocenters. The van der Waals surface area contributed by atoms with Crippen LogP contribution in [0.1, 0.15) is 30.7 Å². The SMILES string of the molecule is CCCc1nccn1CC(C(=O)O)c1ccccc1. The lowest BCUT2D eigenvalue weighted by Gasteiger charge is -2.15. The van der Waals surface area contributed by atoms with E-state index in [0.717, 1.165) is 24.2 Å². The molecule has 0 bridgehead atoms. The van der Waals surface area contributed by atoms with Gasteiger partial charge in [-0.2, -0.15) is 0 Å². The van der Waals surface area contributed by atoms with Gasteiger partial charge in [0.1, 0.15) is 5.82 Å². The van der Waals surface area contributed by atoms with Crippen molar-refractivity contribution in [1.82, 2.24) is 9.55 Å². The molecular weight excluding hydrogens is 240 g/mol. The molecule has 0 saturated carbocycles. The van der Waals surface area contributed by atoms with Gasteiger partial charge < -0.3 is 9.67 Å². The molecule has 100 valence electrons. The van der Waals surface area contributed by atoms with Crippen molar-refractivity contribution >= 4 is 5.97 Å². The van der Waals surface area contributed by atoms with Crippen LogP contribution in [-0.4, -0.2) is 20.6 Å². The molecule has 0 aliphatic rings. The van der Waals surface area contributed by atoms with Gasteiger partial charge in [-0.25, -0.2) is 4.98 Å². The standard InChI is InChI=1S/C15H18N2O2/c1-2-6-14-16-9-10-17(14)11-13(15(18)19)12-7-4-3-5-8-12/h3-5,7-10,13H,2,6,11H2,1H3,(H,18,19). The molecule has 0 aliphatic carbocycles. The zero-order valence-corrected chi connectivity index (χ0v) is 11.0. The number of nitrogens with zero attached hydrogens (tertiary/aromatic N) is 2. The van der Waals surface area contributed by atoms with Crippen molar-refractivity contribution in [3.05, 3.63) is 54.1 Å². The summed E-state index contributed by atoms with van der Waals surface area (Å²) < 4.78 is 1.94. The van der Waals surface area contributed by atoms with Crippen LogP contribution in [0.2, 0.25) is 0 Å². The molecule has 0 aliphatic heterocycles. The number of aliphatic carboxylic acids is 1. The minimum atomic E-state index is -0.803. The Balaban J connectivity index is 2.22. The zero-order valence-electron chi connectivity index (χ0n) is 11.0. The predicted octanol–water partition coefficient (Wildman–Crippen LogP) is 2.70. The van der Waals surface area contributed by atoms with Gasteiger partial charge in [0.15, 0.2) is 0 Å². The van der Waals surface area contributed by atoms with Gasteiger partial charge >= 0.3 is 5.97 Å². The molecule has 1 atom stereocenters. The first-order chi connectivity index (χ1) is 9.22. The number of carbonyl (C=O) groups is 1. The van der Waals surface area contributed by atoms with E-state index in [-0.39, 0.29) is 0 Å². The van der Waals surface area contributed by atoms with E-state index in [4.69, 9.17) is 0 Å². The first-order valence-corrected chi connectivity index (χ1v) is 6.50. The van der Waals surface area contributed by atoms with Gasteiger partial charge in [-0.15, -0.1) is 0 Å². The van der Waals surface area contributed by atoms with Crippen LogP contribution in [0.15, 0.2) is 42.7 Å². The molecule has 1 N–H and O–H groups in total. The Morgan fingerprint density at radius 1 is 1.37 bits per heavy atom. The van der Waals surface area contributed by atoms with E-state index in [9.17, 15) is 9.90 Å². The van der Waals surface area contributed by atoms with E-state index in [0.29, 0.717) is 6.54 Å². The highest BCUT2D eigenvalue weighted by atomic mass is 16.4. The molecule has 0 spiro atoms. The fourth-order valence-electron chi connectivity index (χ4n) is 2.17. The normalized spacial score (nSPS) is 12.3. The van der Waals surface area contributed by atoms with Crippen LogP contribution < -0.4 is 0 Å². The molecule has 0 saturated heterocycles. The molecule has 1 heterocycles. The van der Waals surface area contributed by atoms with Gasteiger partial charge in [-0.3, -0.25) is 4.79 Å². The van der Waals surface area contributed by atoms with Crippen molar-refractivity contribution < 1.29 is 9.90 Å². The van der Waals surface area contributed by atoms with E-state index >= 15 is 0 Å². The van der Waals surface area contributed by atoms with Crippen molar-refractivity contribution in [3.8, 4) is 0 Å². The van der Waals surface area contributed by atoms with Crippen LogP contribution in [0.5, 0.6) is 0 Å². The number of aromatic nitrogens is 2. The summed E-state index contributed by atoms with van der Waals surface area (Å²) in [6, 6.07) is 9.34. The fraction of sp³-hybridized carbons (Fsp3) is 0.333. The van der Waals surface area contributed by atoms with Gasteiger partial charge in [0.2, 0.25) is 0 Å². The second-order valence-corrected chi connectivity index (χ2v) is 4.55. The van der Waals surface area contributed by atoms with Crippen LogP contribution in [0.4, 0.5) is 0 Å². The second kappa shape index (κ2) is 6.18. The summed E-state index contributed by atoms with van der Waals surface area (Å²) in [6.45, 7) is 2.51. The summed E-state index contributed by atoms with van der Waals surface area (Å²) in [5.74, 6) is -0.391. The highest BCUT2D eigenvalue weighted by molar-refractivity contribution is 5.75. The average Bonchev–Trinajstić information content (AvgIpc) is 2.84. The van der Waals surface area contributed by atoms with Crippen molar-refractivity contribution in [3.63, 3.8) is 0 Å². The first-order valence-electron chi connectivity index (χ1n) is 6.50. The monoisotopic (exact) mass is 258 g/mol. The Morgan fingerprint density at radius 2 is 2.11 bits per heavy atom. The maximum atomic E-state index is 11.5. The Hall–Kier alpha value is -2.10. The van der Waals surface area contributed by atoms with Crippen molar-refractivity contribution in [1.29, 1.82) is 0 Å².